The van der Waals surface area contributed by atoms with Crippen molar-refractivity contribution in [3.63, 3.8) is 0 Å². The molecular formula is C34H33NO7S. The zero-order valence-electron chi connectivity index (χ0n) is 23.9. The third kappa shape index (κ3) is 7.24. The number of ether oxygens (including phenoxy) is 2. The van der Waals surface area contributed by atoms with Gasteiger partial charge in [0.25, 0.3) is 0 Å². The minimum absolute atomic E-state index is 0.0226. The molecule has 5 rings (SSSR count). The van der Waals surface area contributed by atoms with Crippen LogP contribution in [0, 0.1) is 0 Å². The van der Waals surface area contributed by atoms with Gasteiger partial charge in [0.05, 0.1) is 12.5 Å². The van der Waals surface area contributed by atoms with Crippen LogP contribution >= 0.6 is 0 Å². The van der Waals surface area contributed by atoms with Crippen LogP contribution in [0.15, 0.2) is 108 Å². The first kappa shape index (κ1) is 29.8. The SMILES string of the molecule is CC(C)OC(=O)CC(CNC(=O)OCC1c2ccccc2-c2ccccc21)c1cccc(OS(=O)(=O)c2ccccc2)c1. The smallest absolute Gasteiger partial charge is 0.407 e. The largest absolute Gasteiger partial charge is 0.463 e. The van der Waals surface area contributed by atoms with Crippen molar-refractivity contribution < 1.29 is 31.7 Å². The second kappa shape index (κ2) is 13.1. The first-order valence-corrected chi connectivity index (χ1v) is 15.5. The first-order valence-electron chi connectivity index (χ1n) is 14.1. The van der Waals surface area contributed by atoms with Crippen LogP contribution in [0.4, 0.5) is 4.79 Å². The van der Waals surface area contributed by atoms with Crippen molar-refractivity contribution >= 4 is 22.2 Å². The Balaban J connectivity index is 1.27. The minimum atomic E-state index is -4.06. The summed E-state index contributed by atoms with van der Waals surface area (Å²) in [5.74, 6) is -0.979. The van der Waals surface area contributed by atoms with E-state index in [9.17, 15) is 18.0 Å². The van der Waals surface area contributed by atoms with Gasteiger partial charge in [-0.05, 0) is 65.9 Å². The highest BCUT2D eigenvalue weighted by molar-refractivity contribution is 7.87. The predicted molar refractivity (Wildman–Crippen MR) is 162 cm³/mol. The van der Waals surface area contributed by atoms with E-state index in [1.165, 1.54) is 18.2 Å². The molecule has 0 aliphatic heterocycles. The van der Waals surface area contributed by atoms with Gasteiger partial charge in [0.1, 0.15) is 17.3 Å². The van der Waals surface area contributed by atoms with Crippen molar-refractivity contribution in [1.29, 1.82) is 0 Å². The van der Waals surface area contributed by atoms with E-state index in [4.69, 9.17) is 13.7 Å². The highest BCUT2D eigenvalue weighted by Crippen LogP contribution is 2.44. The molecule has 0 spiro atoms. The van der Waals surface area contributed by atoms with Crippen molar-refractivity contribution in [1.82, 2.24) is 5.32 Å². The fourth-order valence-corrected chi connectivity index (χ4v) is 6.20. The van der Waals surface area contributed by atoms with E-state index in [0.717, 1.165) is 22.3 Å². The van der Waals surface area contributed by atoms with Gasteiger partial charge in [-0.1, -0.05) is 78.9 Å². The number of carbonyl (C=O) groups excluding carboxylic acids is 2. The molecule has 0 aromatic heterocycles. The maximum Gasteiger partial charge on any atom is 0.407 e. The lowest BCUT2D eigenvalue weighted by Gasteiger charge is -2.20. The lowest BCUT2D eigenvalue weighted by atomic mass is 9.95. The third-order valence-corrected chi connectivity index (χ3v) is 8.45. The number of nitrogens with one attached hydrogen (secondary N) is 1. The maximum atomic E-state index is 12.9. The summed E-state index contributed by atoms with van der Waals surface area (Å²) in [6, 6.07) is 30.4. The minimum Gasteiger partial charge on any atom is -0.463 e. The molecule has 0 fully saturated rings. The van der Waals surface area contributed by atoms with Crippen LogP contribution < -0.4 is 9.50 Å². The van der Waals surface area contributed by atoms with Gasteiger partial charge in [0, 0.05) is 18.4 Å². The number of fused-ring (bicyclic) bond motifs is 3. The molecule has 1 N–H and O–H groups in total. The first-order chi connectivity index (χ1) is 20.7. The zero-order valence-corrected chi connectivity index (χ0v) is 24.8. The summed E-state index contributed by atoms with van der Waals surface area (Å²) in [4.78, 5) is 25.5. The molecule has 0 bridgehead atoms. The highest BCUT2D eigenvalue weighted by atomic mass is 32.2. The van der Waals surface area contributed by atoms with E-state index in [0.29, 0.717) is 5.56 Å². The van der Waals surface area contributed by atoms with Gasteiger partial charge in [0.2, 0.25) is 0 Å². The molecule has 4 aromatic carbocycles. The van der Waals surface area contributed by atoms with E-state index in [2.05, 4.69) is 17.4 Å². The Labute approximate surface area is 251 Å². The summed E-state index contributed by atoms with van der Waals surface area (Å²) in [7, 11) is -4.06. The summed E-state index contributed by atoms with van der Waals surface area (Å²) >= 11 is 0. The quantitative estimate of drug-likeness (QED) is 0.157. The summed E-state index contributed by atoms with van der Waals surface area (Å²) in [5.41, 5.74) is 5.07. The number of hydrogen-bond acceptors (Lipinski definition) is 7. The molecule has 8 nitrogen and oxygen atoms in total. The van der Waals surface area contributed by atoms with Gasteiger partial charge in [-0.25, -0.2) is 4.79 Å². The van der Waals surface area contributed by atoms with Crippen LogP contribution in [0.2, 0.25) is 0 Å². The van der Waals surface area contributed by atoms with Gasteiger partial charge < -0.3 is 19.0 Å². The summed E-state index contributed by atoms with van der Waals surface area (Å²) in [6.07, 6.45) is -0.978. The number of amides is 1. The Kier molecular flexibility index (Phi) is 9.11. The molecule has 222 valence electrons. The second-order valence-electron chi connectivity index (χ2n) is 10.6. The summed E-state index contributed by atoms with van der Waals surface area (Å²) in [5, 5.41) is 2.78. The van der Waals surface area contributed by atoms with Crippen molar-refractivity contribution in [2.45, 2.75) is 43.1 Å². The Morgan fingerprint density at radius 1 is 0.814 bits per heavy atom. The molecular weight excluding hydrogens is 566 g/mol. The predicted octanol–water partition coefficient (Wildman–Crippen LogP) is 6.42. The average molecular weight is 600 g/mol. The molecule has 1 aliphatic rings. The number of hydrogen-bond donors (Lipinski definition) is 1. The number of carbonyl (C=O) groups is 2. The van der Waals surface area contributed by atoms with Crippen molar-refractivity contribution in [2.24, 2.45) is 0 Å². The monoisotopic (exact) mass is 599 g/mol. The van der Waals surface area contributed by atoms with Gasteiger partial charge in [-0.15, -0.1) is 0 Å². The van der Waals surface area contributed by atoms with Gasteiger partial charge in [-0.2, -0.15) is 8.42 Å². The molecule has 0 saturated heterocycles. The lowest BCUT2D eigenvalue weighted by Crippen LogP contribution is -2.31. The lowest BCUT2D eigenvalue weighted by molar-refractivity contribution is -0.147. The number of benzene rings is 4. The van der Waals surface area contributed by atoms with Crippen molar-refractivity contribution in [2.75, 3.05) is 13.2 Å². The topological polar surface area (TPSA) is 108 Å². The standard InChI is InChI=1S/C34H33NO7S/c1-23(2)41-33(36)20-25(24-11-10-12-26(19-24)42-43(38,39)27-13-4-3-5-14-27)21-35-34(37)40-22-32-30-17-8-6-15-28(30)29-16-7-9-18-31(29)32/h3-19,23,25,32H,20-22H2,1-2H3,(H,35,37). The van der Waals surface area contributed by atoms with E-state index in [1.807, 2.05) is 36.4 Å². The molecule has 1 atom stereocenters. The normalized spacial score (nSPS) is 13.1. The maximum absolute atomic E-state index is 12.9. The second-order valence-corrected chi connectivity index (χ2v) is 12.1. The summed E-state index contributed by atoms with van der Waals surface area (Å²) in [6.45, 7) is 3.72. The number of rotatable bonds is 11. The van der Waals surface area contributed by atoms with Crippen LogP contribution in [-0.4, -0.2) is 39.7 Å². The average Bonchev–Trinajstić information content (AvgIpc) is 3.31. The van der Waals surface area contributed by atoms with Crippen molar-refractivity contribution in [3.8, 4) is 16.9 Å². The molecule has 0 heterocycles. The molecule has 1 aliphatic carbocycles. The molecule has 0 saturated carbocycles. The third-order valence-electron chi connectivity index (χ3n) is 7.18. The van der Waals surface area contributed by atoms with Crippen LogP contribution in [-0.2, 0) is 24.4 Å². The Morgan fingerprint density at radius 2 is 1.44 bits per heavy atom. The Bertz CT molecular complexity index is 1660. The molecule has 0 radical (unpaired) electrons. The fourth-order valence-electron chi connectivity index (χ4n) is 5.26. The highest BCUT2D eigenvalue weighted by Gasteiger charge is 2.29. The zero-order chi connectivity index (χ0) is 30.4. The van der Waals surface area contributed by atoms with Crippen LogP contribution in [0.1, 0.15) is 48.8 Å². The van der Waals surface area contributed by atoms with Crippen LogP contribution in [0.3, 0.4) is 0 Å². The molecule has 4 aromatic rings. The van der Waals surface area contributed by atoms with E-state index in [1.54, 1.807) is 50.2 Å². The molecule has 1 unspecified atom stereocenters. The Morgan fingerprint density at radius 3 is 2.09 bits per heavy atom. The number of alkyl carbamates (subject to hydrolysis) is 1. The van der Waals surface area contributed by atoms with Gasteiger partial charge in [0.15, 0.2) is 0 Å². The molecule has 43 heavy (non-hydrogen) atoms. The van der Waals surface area contributed by atoms with E-state index >= 15 is 0 Å². The van der Waals surface area contributed by atoms with E-state index in [-0.39, 0.29) is 42.2 Å². The van der Waals surface area contributed by atoms with Gasteiger partial charge >= 0.3 is 22.2 Å². The molecule has 9 heteroatoms. The molecule has 1 amide bonds. The summed E-state index contributed by atoms with van der Waals surface area (Å²) < 4.78 is 41.9. The van der Waals surface area contributed by atoms with Crippen LogP contribution in [0.5, 0.6) is 5.75 Å². The Hall–Kier alpha value is -4.63. The van der Waals surface area contributed by atoms with E-state index < -0.39 is 28.1 Å². The van der Waals surface area contributed by atoms with Gasteiger partial charge in [-0.3, -0.25) is 4.79 Å². The van der Waals surface area contributed by atoms with Crippen molar-refractivity contribution in [3.05, 3.63) is 120 Å². The van der Waals surface area contributed by atoms with Crippen LogP contribution in [0.25, 0.3) is 11.1 Å². The fraction of sp³-hybridized carbons (Fsp3) is 0.235. The number of esters is 1.